The van der Waals surface area contributed by atoms with Crippen LogP contribution in [-0.2, 0) is 16.6 Å². The van der Waals surface area contributed by atoms with Crippen molar-refractivity contribution >= 4 is 5.91 Å². The maximum absolute atomic E-state index is 12.3. The molecule has 138 valence electrons. The number of nitrogens with one attached hydrogen (secondary N) is 1. The van der Waals surface area contributed by atoms with E-state index in [1.54, 1.807) is 12.4 Å². The predicted molar refractivity (Wildman–Crippen MR) is 101 cm³/mol. The van der Waals surface area contributed by atoms with Crippen LogP contribution < -0.4 is 5.32 Å². The molecule has 0 saturated heterocycles. The maximum atomic E-state index is 12.3. The summed E-state index contributed by atoms with van der Waals surface area (Å²) in [7, 11) is 0. The highest BCUT2D eigenvalue weighted by molar-refractivity contribution is 5.76. The Hall–Kier alpha value is -3.02. The number of nitrogens with zero attached hydrogens (tertiary/aromatic N) is 3. The fourth-order valence-corrected chi connectivity index (χ4v) is 3.51. The molecule has 1 N–H and O–H groups in total. The monoisotopic (exact) mass is 362 g/mol. The summed E-state index contributed by atoms with van der Waals surface area (Å²) >= 11 is 0. The fourth-order valence-electron chi connectivity index (χ4n) is 3.51. The van der Waals surface area contributed by atoms with Crippen LogP contribution in [0.1, 0.15) is 37.1 Å². The number of benzene rings is 1. The van der Waals surface area contributed by atoms with Crippen LogP contribution in [0.15, 0.2) is 59.4 Å². The van der Waals surface area contributed by atoms with Crippen LogP contribution in [0.2, 0.25) is 0 Å². The van der Waals surface area contributed by atoms with Crippen LogP contribution in [0.5, 0.6) is 0 Å². The van der Waals surface area contributed by atoms with Gasteiger partial charge in [-0.1, -0.05) is 41.9 Å². The van der Waals surface area contributed by atoms with E-state index in [1.807, 2.05) is 18.2 Å². The average Bonchev–Trinajstić information content (AvgIpc) is 3.16. The Morgan fingerprint density at radius 1 is 1.11 bits per heavy atom. The Bertz CT molecular complexity index is 889. The summed E-state index contributed by atoms with van der Waals surface area (Å²) in [5, 5.41) is 7.06. The maximum Gasteiger partial charge on any atom is 0.227 e. The van der Waals surface area contributed by atoms with Gasteiger partial charge in [0.05, 0.1) is 0 Å². The molecule has 1 fully saturated rings. The van der Waals surface area contributed by atoms with Gasteiger partial charge in [-0.15, -0.1) is 0 Å². The standard InChI is InChI=1S/C21H22N4O2/c26-18(23-15-21(11-4-12-21)17-5-2-1-3-6-17)7-8-19-24-20(25-27-19)16-9-13-22-14-10-16/h1-3,5-6,9-10,13-14H,4,7-8,11-12,15H2,(H,23,26). The normalized spacial score (nSPS) is 15.1. The molecular formula is C21H22N4O2. The van der Waals surface area contributed by atoms with Gasteiger partial charge in [0.1, 0.15) is 0 Å². The minimum absolute atomic E-state index is 0.0147. The first-order chi connectivity index (χ1) is 13.3. The summed E-state index contributed by atoms with van der Waals surface area (Å²) in [6.07, 6.45) is 7.59. The van der Waals surface area contributed by atoms with Crippen molar-refractivity contribution < 1.29 is 9.32 Å². The van der Waals surface area contributed by atoms with Crippen LogP contribution >= 0.6 is 0 Å². The van der Waals surface area contributed by atoms with E-state index in [9.17, 15) is 4.79 Å². The Kier molecular flexibility index (Phi) is 4.96. The Balaban J connectivity index is 1.30. The highest BCUT2D eigenvalue weighted by Gasteiger charge is 2.38. The second kappa shape index (κ2) is 7.70. The van der Waals surface area contributed by atoms with Crippen LogP contribution in [0.4, 0.5) is 0 Å². The van der Waals surface area contributed by atoms with E-state index in [2.05, 4.69) is 44.7 Å². The van der Waals surface area contributed by atoms with Gasteiger partial charge in [0.2, 0.25) is 17.6 Å². The number of aryl methyl sites for hydroxylation is 1. The van der Waals surface area contributed by atoms with E-state index < -0.39 is 0 Å². The Morgan fingerprint density at radius 2 is 1.89 bits per heavy atom. The first-order valence-corrected chi connectivity index (χ1v) is 9.30. The third-order valence-corrected chi connectivity index (χ3v) is 5.29. The van der Waals surface area contributed by atoms with E-state index in [4.69, 9.17) is 4.52 Å². The third kappa shape index (κ3) is 3.89. The number of amides is 1. The first kappa shape index (κ1) is 17.4. The van der Waals surface area contributed by atoms with Crippen LogP contribution in [0.3, 0.4) is 0 Å². The summed E-state index contributed by atoms with van der Waals surface area (Å²) in [6, 6.07) is 14.1. The molecule has 0 bridgehead atoms. The van der Waals surface area contributed by atoms with Crippen molar-refractivity contribution in [2.24, 2.45) is 0 Å². The number of hydrogen-bond acceptors (Lipinski definition) is 5. The smallest absolute Gasteiger partial charge is 0.227 e. The van der Waals surface area contributed by atoms with Gasteiger partial charge in [-0.3, -0.25) is 9.78 Å². The molecule has 3 aromatic rings. The number of carbonyl (C=O) groups excluding carboxylic acids is 1. The lowest BCUT2D eigenvalue weighted by molar-refractivity contribution is -0.121. The number of rotatable bonds is 7. The molecule has 0 aliphatic heterocycles. The molecule has 1 aromatic carbocycles. The summed E-state index contributed by atoms with van der Waals surface area (Å²) < 4.78 is 5.26. The van der Waals surface area contributed by atoms with Crippen molar-refractivity contribution in [3.05, 3.63) is 66.3 Å². The van der Waals surface area contributed by atoms with Gasteiger partial charge in [-0.2, -0.15) is 4.98 Å². The van der Waals surface area contributed by atoms with Gasteiger partial charge in [0.25, 0.3) is 0 Å². The molecule has 0 unspecified atom stereocenters. The van der Waals surface area contributed by atoms with Crippen molar-refractivity contribution in [3.8, 4) is 11.4 Å². The quantitative estimate of drug-likeness (QED) is 0.697. The lowest BCUT2D eigenvalue weighted by Crippen LogP contribution is -2.45. The van der Waals surface area contributed by atoms with E-state index in [0.717, 1.165) is 18.4 Å². The second-order valence-electron chi connectivity index (χ2n) is 7.02. The summed E-state index contributed by atoms with van der Waals surface area (Å²) in [5.74, 6) is 1.00. The fraction of sp³-hybridized carbons (Fsp3) is 0.333. The zero-order valence-electron chi connectivity index (χ0n) is 15.1. The minimum atomic E-state index is 0.0147. The molecule has 2 heterocycles. The van der Waals surface area contributed by atoms with Crippen LogP contribution in [0.25, 0.3) is 11.4 Å². The lowest BCUT2D eigenvalue weighted by Gasteiger charge is -2.42. The van der Waals surface area contributed by atoms with E-state index >= 15 is 0 Å². The molecule has 1 amide bonds. The van der Waals surface area contributed by atoms with Crippen molar-refractivity contribution in [2.75, 3.05) is 6.54 Å². The zero-order valence-corrected chi connectivity index (χ0v) is 15.1. The first-order valence-electron chi connectivity index (χ1n) is 9.30. The molecule has 0 atom stereocenters. The van der Waals surface area contributed by atoms with Crippen molar-refractivity contribution in [2.45, 2.75) is 37.5 Å². The summed E-state index contributed by atoms with van der Waals surface area (Å²) in [4.78, 5) is 20.6. The van der Waals surface area contributed by atoms with Crippen LogP contribution in [0, 0.1) is 0 Å². The highest BCUT2D eigenvalue weighted by Crippen LogP contribution is 2.43. The molecule has 2 aromatic heterocycles. The molecule has 1 saturated carbocycles. The second-order valence-corrected chi connectivity index (χ2v) is 7.02. The van der Waals surface area contributed by atoms with E-state index in [1.165, 1.54) is 12.0 Å². The average molecular weight is 362 g/mol. The van der Waals surface area contributed by atoms with Crippen molar-refractivity contribution in [3.63, 3.8) is 0 Å². The summed E-state index contributed by atoms with van der Waals surface area (Å²) in [6.45, 7) is 0.682. The molecule has 0 radical (unpaired) electrons. The van der Waals surface area contributed by atoms with Gasteiger partial charge in [-0.25, -0.2) is 0 Å². The number of pyridine rings is 1. The SMILES string of the molecule is O=C(CCc1nc(-c2ccncc2)no1)NCC1(c2ccccc2)CCC1. The van der Waals surface area contributed by atoms with Gasteiger partial charge in [-0.05, 0) is 30.5 Å². The number of hydrogen-bond donors (Lipinski definition) is 1. The van der Waals surface area contributed by atoms with Gasteiger partial charge < -0.3 is 9.84 Å². The van der Waals surface area contributed by atoms with E-state index in [-0.39, 0.29) is 11.3 Å². The van der Waals surface area contributed by atoms with Gasteiger partial charge in [0.15, 0.2) is 0 Å². The number of carbonyl (C=O) groups is 1. The molecule has 27 heavy (non-hydrogen) atoms. The molecule has 6 nitrogen and oxygen atoms in total. The number of aromatic nitrogens is 3. The van der Waals surface area contributed by atoms with Crippen molar-refractivity contribution in [1.29, 1.82) is 0 Å². The highest BCUT2D eigenvalue weighted by atomic mass is 16.5. The van der Waals surface area contributed by atoms with E-state index in [0.29, 0.717) is 31.1 Å². The molecule has 1 aliphatic rings. The molecule has 1 aliphatic carbocycles. The molecular weight excluding hydrogens is 340 g/mol. The van der Waals surface area contributed by atoms with Gasteiger partial charge >= 0.3 is 0 Å². The Morgan fingerprint density at radius 3 is 2.59 bits per heavy atom. The Labute approximate surface area is 158 Å². The van der Waals surface area contributed by atoms with Crippen LogP contribution in [-0.4, -0.2) is 27.6 Å². The third-order valence-electron chi connectivity index (χ3n) is 5.29. The zero-order chi connectivity index (χ0) is 18.5. The summed E-state index contributed by atoms with van der Waals surface area (Å²) in [5.41, 5.74) is 2.25. The largest absolute Gasteiger partial charge is 0.355 e. The molecule has 4 rings (SSSR count). The predicted octanol–water partition coefficient (Wildman–Crippen LogP) is 3.30. The molecule has 6 heteroatoms. The molecule has 0 spiro atoms. The lowest BCUT2D eigenvalue weighted by atomic mass is 9.64. The topological polar surface area (TPSA) is 80.9 Å². The van der Waals surface area contributed by atoms with Gasteiger partial charge in [0, 0.05) is 42.8 Å². The minimum Gasteiger partial charge on any atom is -0.355 e. The van der Waals surface area contributed by atoms with Crippen molar-refractivity contribution in [1.82, 2.24) is 20.4 Å².